The maximum absolute atomic E-state index is 10.2. The molecule has 0 aromatic carbocycles. The highest BCUT2D eigenvalue weighted by molar-refractivity contribution is 5.85. The monoisotopic (exact) mass is 143 g/mol. The Balaban J connectivity index is 3.50. The van der Waals surface area contributed by atoms with Crippen LogP contribution < -0.4 is 0 Å². The van der Waals surface area contributed by atoms with Gasteiger partial charge in [0.1, 0.15) is 0 Å². The van der Waals surface area contributed by atoms with Crippen LogP contribution in [0.3, 0.4) is 0 Å². The summed E-state index contributed by atoms with van der Waals surface area (Å²) in [5, 5.41) is 8.38. The van der Waals surface area contributed by atoms with Gasteiger partial charge in [-0.2, -0.15) is 0 Å². The molecule has 3 heteroatoms. The number of carboxylic acids is 1. The smallest absolute Gasteiger partial charge is 0.331 e. The molecule has 0 bridgehead atoms. The Morgan fingerprint density at radius 2 is 2.10 bits per heavy atom. The van der Waals surface area contributed by atoms with E-state index in [4.69, 9.17) is 5.11 Å². The highest BCUT2D eigenvalue weighted by Crippen LogP contribution is 1.97. The van der Waals surface area contributed by atoms with Crippen molar-refractivity contribution in [1.82, 2.24) is 4.90 Å². The van der Waals surface area contributed by atoms with Crippen molar-refractivity contribution in [2.75, 3.05) is 20.6 Å². The molecule has 0 aliphatic rings. The van der Waals surface area contributed by atoms with Crippen molar-refractivity contribution in [3.05, 3.63) is 12.2 Å². The minimum Gasteiger partial charge on any atom is -0.478 e. The predicted molar refractivity (Wildman–Crippen MR) is 39.9 cm³/mol. The van der Waals surface area contributed by atoms with Gasteiger partial charge in [-0.05, 0) is 20.5 Å². The number of nitrogens with zero attached hydrogens (tertiary/aromatic N) is 1. The van der Waals surface area contributed by atoms with Gasteiger partial charge in [0.2, 0.25) is 0 Å². The Morgan fingerprint density at radius 3 is 2.40 bits per heavy atom. The van der Waals surface area contributed by atoms with E-state index in [1.165, 1.54) is 0 Å². The molecule has 0 unspecified atom stereocenters. The molecule has 1 N–H and O–H groups in total. The molecule has 0 heterocycles. The van der Waals surface area contributed by atoms with Gasteiger partial charge in [-0.15, -0.1) is 0 Å². The van der Waals surface area contributed by atoms with E-state index < -0.39 is 5.97 Å². The quantitative estimate of drug-likeness (QED) is 0.585. The maximum atomic E-state index is 10.2. The summed E-state index contributed by atoms with van der Waals surface area (Å²) in [5.74, 6) is -0.901. The molecule has 0 amide bonds. The van der Waals surface area contributed by atoms with Gasteiger partial charge < -0.3 is 10.0 Å². The van der Waals surface area contributed by atoms with Gasteiger partial charge in [0, 0.05) is 12.1 Å². The molecular weight excluding hydrogens is 130 g/mol. The van der Waals surface area contributed by atoms with Crippen LogP contribution in [0.5, 0.6) is 0 Å². The normalized spacial score (nSPS) is 9.90. The summed E-state index contributed by atoms with van der Waals surface area (Å²) in [6.45, 7) is 4.14. The molecular formula is C7H13NO2. The zero-order chi connectivity index (χ0) is 8.15. The molecule has 0 radical (unpaired) electrons. The molecule has 0 aliphatic carbocycles. The average Bonchev–Trinajstić information content (AvgIpc) is 1.82. The maximum Gasteiger partial charge on any atom is 0.331 e. The standard InChI is InChI=1S/C7H13NO2/c1-6(7(9)10)4-5-8(2)3/h1,4-5H2,2-3H3,(H,9,10). The van der Waals surface area contributed by atoms with Gasteiger partial charge in [0.25, 0.3) is 0 Å². The van der Waals surface area contributed by atoms with Crippen LogP contribution in [-0.4, -0.2) is 36.6 Å². The second-order valence-electron chi connectivity index (χ2n) is 2.46. The van der Waals surface area contributed by atoms with E-state index in [0.717, 1.165) is 6.54 Å². The Kier molecular flexibility index (Phi) is 3.72. The summed E-state index contributed by atoms with van der Waals surface area (Å²) < 4.78 is 0. The van der Waals surface area contributed by atoms with Gasteiger partial charge in [0.05, 0.1) is 0 Å². The molecule has 0 spiro atoms. The van der Waals surface area contributed by atoms with Crippen LogP contribution in [0.1, 0.15) is 6.42 Å². The second-order valence-corrected chi connectivity index (χ2v) is 2.46. The summed E-state index contributed by atoms with van der Waals surface area (Å²) in [7, 11) is 3.80. The molecule has 0 aromatic rings. The van der Waals surface area contributed by atoms with E-state index in [0.29, 0.717) is 6.42 Å². The summed E-state index contributed by atoms with van der Waals surface area (Å²) in [6, 6.07) is 0. The van der Waals surface area contributed by atoms with Crippen molar-refractivity contribution in [3.8, 4) is 0 Å². The van der Waals surface area contributed by atoms with E-state index in [1.54, 1.807) is 0 Å². The molecule has 0 atom stereocenters. The summed E-state index contributed by atoms with van der Waals surface area (Å²) in [5.41, 5.74) is 0.272. The van der Waals surface area contributed by atoms with Crippen LogP contribution in [0.4, 0.5) is 0 Å². The first-order valence-electron chi connectivity index (χ1n) is 3.10. The Bertz CT molecular complexity index is 141. The third-order valence-corrected chi connectivity index (χ3v) is 1.16. The van der Waals surface area contributed by atoms with Gasteiger partial charge in [-0.1, -0.05) is 6.58 Å². The van der Waals surface area contributed by atoms with Gasteiger partial charge in [-0.3, -0.25) is 0 Å². The fourth-order valence-electron chi connectivity index (χ4n) is 0.465. The second kappa shape index (κ2) is 4.06. The lowest BCUT2D eigenvalue weighted by Crippen LogP contribution is -2.15. The number of hydrogen-bond acceptors (Lipinski definition) is 2. The fourth-order valence-corrected chi connectivity index (χ4v) is 0.465. The van der Waals surface area contributed by atoms with E-state index >= 15 is 0 Å². The molecule has 10 heavy (non-hydrogen) atoms. The Morgan fingerprint density at radius 1 is 1.60 bits per heavy atom. The zero-order valence-electron chi connectivity index (χ0n) is 6.42. The molecule has 0 saturated heterocycles. The first kappa shape index (κ1) is 9.17. The van der Waals surface area contributed by atoms with Crippen LogP contribution in [0.15, 0.2) is 12.2 Å². The van der Waals surface area contributed by atoms with Crippen molar-refractivity contribution in [2.45, 2.75) is 6.42 Å². The first-order valence-corrected chi connectivity index (χ1v) is 3.10. The van der Waals surface area contributed by atoms with Crippen molar-refractivity contribution < 1.29 is 9.90 Å². The first-order chi connectivity index (χ1) is 4.54. The highest BCUT2D eigenvalue weighted by atomic mass is 16.4. The molecule has 0 saturated carbocycles. The lowest BCUT2D eigenvalue weighted by Gasteiger charge is -2.07. The average molecular weight is 143 g/mol. The molecule has 3 nitrogen and oxygen atoms in total. The van der Waals surface area contributed by atoms with Gasteiger partial charge >= 0.3 is 5.97 Å². The van der Waals surface area contributed by atoms with Crippen LogP contribution in [-0.2, 0) is 4.79 Å². The minimum atomic E-state index is -0.901. The third-order valence-electron chi connectivity index (χ3n) is 1.16. The van der Waals surface area contributed by atoms with Crippen LogP contribution in [0.25, 0.3) is 0 Å². The van der Waals surface area contributed by atoms with Crippen LogP contribution in [0, 0.1) is 0 Å². The lowest BCUT2D eigenvalue weighted by atomic mass is 10.2. The SMILES string of the molecule is C=C(CCN(C)C)C(=O)O. The third kappa shape index (κ3) is 4.09. The summed E-state index contributed by atoms with van der Waals surface area (Å²) >= 11 is 0. The number of carboxylic acid groups (broad SMARTS) is 1. The topological polar surface area (TPSA) is 40.5 Å². The van der Waals surface area contributed by atoms with Gasteiger partial charge in [0.15, 0.2) is 0 Å². The van der Waals surface area contributed by atoms with Gasteiger partial charge in [-0.25, -0.2) is 4.79 Å². The minimum absolute atomic E-state index is 0.272. The van der Waals surface area contributed by atoms with Crippen molar-refractivity contribution >= 4 is 5.97 Å². The molecule has 0 fully saturated rings. The van der Waals surface area contributed by atoms with Crippen LogP contribution >= 0.6 is 0 Å². The molecule has 0 rings (SSSR count). The van der Waals surface area contributed by atoms with Crippen molar-refractivity contribution in [2.24, 2.45) is 0 Å². The van der Waals surface area contributed by atoms with Crippen molar-refractivity contribution in [1.29, 1.82) is 0 Å². The largest absolute Gasteiger partial charge is 0.478 e. The van der Waals surface area contributed by atoms with E-state index in [-0.39, 0.29) is 5.57 Å². The highest BCUT2D eigenvalue weighted by Gasteiger charge is 2.02. The number of carbonyl (C=O) groups is 1. The Labute approximate surface area is 61.0 Å². The lowest BCUT2D eigenvalue weighted by molar-refractivity contribution is -0.132. The van der Waals surface area contributed by atoms with E-state index in [2.05, 4.69) is 6.58 Å². The number of hydrogen-bond donors (Lipinski definition) is 1. The number of rotatable bonds is 4. The zero-order valence-corrected chi connectivity index (χ0v) is 6.42. The molecule has 58 valence electrons. The van der Waals surface area contributed by atoms with E-state index in [1.807, 2.05) is 19.0 Å². The Hall–Kier alpha value is -0.830. The van der Waals surface area contributed by atoms with Crippen molar-refractivity contribution in [3.63, 3.8) is 0 Å². The molecule has 0 aliphatic heterocycles. The van der Waals surface area contributed by atoms with Crippen LogP contribution in [0.2, 0.25) is 0 Å². The predicted octanol–water partition coefficient (Wildman–Crippen LogP) is 0.579. The van der Waals surface area contributed by atoms with E-state index in [9.17, 15) is 4.79 Å². The summed E-state index contributed by atoms with van der Waals surface area (Å²) in [6.07, 6.45) is 0.530. The fraction of sp³-hybridized carbons (Fsp3) is 0.571. The number of aliphatic carboxylic acids is 1. The molecule has 0 aromatic heterocycles. The summed E-state index contributed by atoms with van der Waals surface area (Å²) in [4.78, 5) is 12.1.